The molecule has 2 aliphatic heterocycles. The normalized spacial score (nSPS) is 16.3. The fourth-order valence-electron chi connectivity index (χ4n) is 4.16. The first-order valence-electron chi connectivity index (χ1n) is 9.96. The summed E-state index contributed by atoms with van der Waals surface area (Å²) in [7, 11) is 0. The summed E-state index contributed by atoms with van der Waals surface area (Å²) in [5, 5.41) is 10.8. The summed E-state index contributed by atoms with van der Waals surface area (Å²) in [5.41, 5.74) is 4.99. The predicted octanol–water partition coefficient (Wildman–Crippen LogP) is 1.75. The smallest absolute Gasteiger partial charge is 0.328 e. The van der Waals surface area contributed by atoms with Crippen molar-refractivity contribution >= 4 is 29.0 Å². The largest absolute Gasteiger partial charge is 0.369 e. The Kier molecular flexibility index (Phi) is 4.31. The number of amides is 2. The Morgan fingerprint density at radius 1 is 1.21 bits per heavy atom. The van der Waals surface area contributed by atoms with Crippen LogP contribution in [-0.2, 0) is 6.42 Å². The molecule has 3 aromatic heterocycles. The first-order chi connectivity index (χ1) is 14.1. The number of nitrogens with zero attached hydrogens (tertiary/aromatic N) is 6. The van der Waals surface area contributed by atoms with Crippen molar-refractivity contribution in [3.05, 3.63) is 41.3 Å². The molecule has 0 aromatic carbocycles. The van der Waals surface area contributed by atoms with Crippen LogP contribution in [0.3, 0.4) is 0 Å². The van der Waals surface area contributed by atoms with Gasteiger partial charge >= 0.3 is 6.03 Å². The van der Waals surface area contributed by atoms with Crippen molar-refractivity contribution in [1.29, 1.82) is 0 Å². The molecule has 2 amide bonds. The lowest BCUT2D eigenvalue weighted by Gasteiger charge is -2.30. The van der Waals surface area contributed by atoms with Gasteiger partial charge in [0.25, 0.3) is 0 Å². The van der Waals surface area contributed by atoms with Gasteiger partial charge in [-0.2, -0.15) is 0 Å². The lowest BCUT2D eigenvalue weighted by atomic mass is 10.1. The van der Waals surface area contributed by atoms with Crippen molar-refractivity contribution in [3.8, 4) is 0 Å². The van der Waals surface area contributed by atoms with Crippen molar-refractivity contribution in [3.63, 3.8) is 0 Å². The molecule has 0 radical (unpaired) electrons. The molecule has 29 heavy (non-hydrogen) atoms. The van der Waals surface area contributed by atoms with E-state index in [9.17, 15) is 4.79 Å². The number of hydrogen-bond donors (Lipinski definition) is 2. The minimum atomic E-state index is -0.211. The molecule has 0 spiro atoms. The molecule has 1 saturated heterocycles. The number of carbonyl (C=O) groups is 1. The molecule has 0 atom stereocenters. The number of hydrogen-bond acceptors (Lipinski definition) is 6. The summed E-state index contributed by atoms with van der Waals surface area (Å²) in [6, 6.07) is 3.70. The van der Waals surface area contributed by atoms with E-state index < -0.39 is 0 Å². The van der Waals surface area contributed by atoms with Gasteiger partial charge in [-0.05, 0) is 38.0 Å². The van der Waals surface area contributed by atoms with Crippen LogP contribution in [0.2, 0.25) is 0 Å². The fraction of sp³-hybridized carbons (Fsp3) is 0.400. The molecule has 2 N–H and O–H groups in total. The average Bonchev–Trinajstić information content (AvgIpc) is 3.32. The molecule has 0 unspecified atom stereocenters. The Morgan fingerprint density at radius 3 is 2.86 bits per heavy atom. The number of imidazole rings is 1. The number of urea groups is 1. The summed E-state index contributed by atoms with van der Waals surface area (Å²) in [6.07, 6.45) is 4.46. The van der Waals surface area contributed by atoms with Crippen LogP contribution >= 0.6 is 0 Å². The Labute approximate surface area is 168 Å². The first kappa shape index (κ1) is 17.9. The molecule has 9 nitrogen and oxygen atoms in total. The lowest BCUT2D eigenvalue weighted by Crippen LogP contribution is -2.43. The SMILES string of the molecule is Cc1cn2nc(NC(=O)N3CCc4c(N5CCNCC5)ccnc43)cc(C)c2n1. The molecule has 0 bridgehead atoms. The number of fused-ring (bicyclic) bond motifs is 2. The van der Waals surface area contributed by atoms with E-state index in [1.807, 2.05) is 26.1 Å². The molecular formula is C20H24N8O. The molecular weight excluding hydrogens is 368 g/mol. The van der Waals surface area contributed by atoms with Crippen molar-refractivity contribution in [1.82, 2.24) is 24.9 Å². The van der Waals surface area contributed by atoms with Gasteiger partial charge in [0, 0.05) is 50.2 Å². The Bertz CT molecular complexity index is 1090. The number of nitrogens with one attached hydrogen (secondary N) is 2. The van der Waals surface area contributed by atoms with Crippen LogP contribution in [0.1, 0.15) is 16.8 Å². The van der Waals surface area contributed by atoms with Crippen molar-refractivity contribution < 1.29 is 4.79 Å². The van der Waals surface area contributed by atoms with Crippen LogP contribution in [-0.4, -0.2) is 58.3 Å². The van der Waals surface area contributed by atoms with E-state index in [0.29, 0.717) is 12.4 Å². The highest BCUT2D eigenvalue weighted by atomic mass is 16.2. The highest BCUT2D eigenvalue weighted by Crippen LogP contribution is 2.34. The van der Waals surface area contributed by atoms with Gasteiger partial charge in [-0.1, -0.05) is 0 Å². The number of rotatable bonds is 2. The highest BCUT2D eigenvalue weighted by molar-refractivity contribution is 6.02. The molecule has 5 heterocycles. The molecule has 0 aliphatic carbocycles. The Balaban J connectivity index is 1.40. The minimum absolute atomic E-state index is 0.211. The lowest BCUT2D eigenvalue weighted by molar-refractivity contribution is 0.257. The minimum Gasteiger partial charge on any atom is -0.369 e. The monoisotopic (exact) mass is 392 g/mol. The predicted molar refractivity (Wildman–Crippen MR) is 112 cm³/mol. The van der Waals surface area contributed by atoms with Crippen LogP contribution in [0.25, 0.3) is 5.65 Å². The second kappa shape index (κ2) is 7.00. The molecule has 0 saturated carbocycles. The number of pyridine rings is 1. The summed E-state index contributed by atoms with van der Waals surface area (Å²) < 4.78 is 1.71. The molecule has 2 aliphatic rings. The number of piperazine rings is 1. The molecule has 150 valence electrons. The average molecular weight is 392 g/mol. The van der Waals surface area contributed by atoms with Crippen molar-refractivity contribution in [2.75, 3.05) is 47.8 Å². The number of carbonyl (C=O) groups excluding carboxylic acids is 1. The van der Waals surface area contributed by atoms with Crippen LogP contribution in [0, 0.1) is 13.8 Å². The zero-order chi connectivity index (χ0) is 20.0. The molecule has 3 aromatic rings. The van der Waals surface area contributed by atoms with E-state index >= 15 is 0 Å². The molecule has 5 rings (SSSR count). The summed E-state index contributed by atoms with van der Waals surface area (Å²) in [4.78, 5) is 26.1. The van der Waals surface area contributed by atoms with Gasteiger partial charge in [-0.3, -0.25) is 10.2 Å². The summed E-state index contributed by atoms with van der Waals surface area (Å²) in [5.74, 6) is 1.25. The zero-order valence-electron chi connectivity index (χ0n) is 16.6. The van der Waals surface area contributed by atoms with Gasteiger partial charge in [-0.15, -0.1) is 5.10 Å². The number of anilines is 3. The van der Waals surface area contributed by atoms with Gasteiger partial charge in [0.1, 0.15) is 5.82 Å². The van der Waals surface area contributed by atoms with E-state index in [1.165, 1.54) is 5.69 Å². The van der Waals surface area contributed by atoms with Crippen LogP contribution in [0.5, 0.6) is 0 Å². The van der Waals surface area contributed by atoms with Gasteiger partial charge in [-0.25, -0.2) is 19.3 Å². The molecule has 1 fully saturated rings. The highest BCUT2D eigenvalue weighted by Gasteiger charge is 2.30. The van der Waals surface area contributed by atoms with Crippen LogP contribution in [0.4, 0.5) is 22.1 Å². The summed E-state index contributed by atoms with van der Waals surface area (Å²) in [6.45, 7) is 8.39. The zero-order valence-corrected chi connectivity index (χ0v) is 16.6. The molecule has 9 heteroatoms. The Morgan fingerprint density at radius 2 is 2.03 bits per heavy atom. The van der Waals surface area contributed by atoms with Crippen LogP contribution < -0.4 is 20.4 Å². The van der Waals surface area contributed by atoms with Crippen molar-refractivity contribution in [2.45, 2.75) is 20.3 Å². The van der Waals surface area contributed by atoms with E-state index in [0.717, 1.165) is 60.9 Å². The third kappa shape index (κ3) is 3.17. The van der Waals surface area contributed by atoms with Gasteiger partial charge in [0.15, 0.2) is 11.5 Å². The van der Waals surface area contributed by atoms with E-state index in [2.05, 4.69) is 36.7 Å². The second-order valence-electron chi connectivity index (χ2n) is 7.56. The topological polar surface area (TPSA) is 90.7 Å². The van der Waals surface area contributed by atoms with Gasteiger partial charge in [0.2, 0.25) is 0 Å². The van der Waals surface area contributed by atoms with Gasteiger partial charge < -0.3 is 10.2 Å². The quantitative estimate of drug-likeness (QED) is 0.691. The standard InChI is InChI=1S/C20H24N8O/c1-13-11-17(25-28-12-14(2)23-18(13)28)24-20(29)27-8-4-15-16(3-5-22-19(15)27)26-9-6-21-7-10-26/h3,5,11-12,21H,4,6-10H2,1-2H3,(H,24,25,29). The van der Waals surface area contributed by atoms with Gasteiger partial charge in [0.05, 0.1) is 11.9 Å². The fourth-order valence-corrected chi connectivity index (χ4v) is 4.16. The summed E-state index contributed by atoms with van der Waals surface area (Å²) >= 11 is 0. The second-order valence-corrected chi connectivity index (χ2v) is 7.56. The third-order valence-corrected chi connectivity index (χ3v) is 5.52. The van der Waals surface area contributed by atoms with Crippen molar-refractivity contribution in [2.24, 2.45) is 0 Å². The maximum Gasteiger partial charge on any atom is 0.328 e. The van der Waals surface area contributed by atoms with E-state index in [-0.39, 0.29) is 6.03 Å². The maximum absolute atomic E-state index is 13.0. The third-order valence-electron chi connectivity index (χ3n) is 5.52. The van der Waals surface area contributed by atoms with E-state index in [4.69, 9.17) is 0 Å². The first-order valence-corrected chi connectivity index (χ1v) is 9.96. The number of aryl methyl sites for hydroxylation is 2. The van der Waals surface area contributed by atoms with Crippen LogP contribution in [0.15, 0.2) is 24.5 Å². The maximum atomic E-state index is 13.0. The van der Waals surface area contributed by atoms with E-state index in [1.54, 1.807) is 15.6 Å². The Hall–Kier alpha value is -3.20. The number of aromatic nitrogens is 4.